The molecular formula is C25H40O2S. The summed E-state index contributed by atoms with van der Waals surface area (Å²) in [6, 6.07) is 6.08. The topological polar surface area (TPSA) is 26.3 Å². The van der Waals surface area contributed by atoms with Gasteiger partial charge < -0.3 is 4.74 Å². The molecule has 158 valence electrons. The molecule has 2 nitrogen and oxygen atoms in total. The standard InChI is InChI=1S/C23H34O2S.C2H6/c1-7-21(26-9-3)12-10-11-18(6)25-23-14-13-19(15-20(23)16-24)22(8-2)17(4)5;1-2/h7,9,13-18,22H,3,8,10-12H2,1-2,4-6H3;1-2H3/b21-7-;. The van der Waals surface area contributed by atoms with Crippen LogP contribution in [0.25, 0.3) is 0 Å². The molecule has 1 aromatic carbocycles. The summed E-state index contributed by atoms with van der Waals surface area (Å²) < 4.78 is 6.06. The van der Waals surface area contributed by atoms with E-state index in [1.54, 1.807) is 11.8 Å². The molecule has 0 fully saturated rings. The molecule has 0 saturated heterocycles. The molecule has 2 unspecified atom stereocenters. The molecule has 0 aliphatic rings. The van der Waals surface area contributed by atoms with Crippen LogP contribution in [0, 0.1) is 5.92 Å². The molecule has 0 heterocycles. The Bertz CT molecular complexity index is 605. The second kappa shape index (κ2) is 15.4. The zero-order chi connectivity index (χ0) is 21.5. The van der Waals surface area contributed by atoms with Crippen LogP contribution in [-0.2, 0) is 0 Å². The van der Waals surface area contributed by atoms with Gasteiger partial charge in [-0.15, -0.1) is 11.8 Å². The van der Waals surface area contributed by atoms with Crippen LogP contribution in [0.5, 0.6) is 5.75 Å². The minimum atomic E-state index is 0.0819. The van der Waals surface area contributed by atoms with Gasteiger partial charge in [0.25, 0.3) is 0 Å². The molecule has 0 spiro atoms. The third-order valence-electron chi connectivity index (χ3n) is 4.75. The first-order valence-corrected chi connectivity index (χ1v) is 11.5. The average molecular weight is 405 g/mol. The molecule has 1 rings (SSSR count). The molecule has 1 aromatic rings. The first kappa shape index (κ1) is 26.5. The highest BCUT2D eigenvalue weighted by atomic mass is 32.2. The van der Waals surface area contributed by atoms with Crippen molar-refractivity contribution in [1.82, 2.24) is 0 Å². The number of allylic oxidation sites excluding steroid dienone is 2. The van der Waals surface area contributed by atoms with Gasteiger partial charge in [0.15, 0.2) is 6.29 Å². The second-order valence-corrected chi connectivity index (χ2v) is 8.13. The van der Waals surface area contributed by atoms with Crippen molar-refractivity contribution in [2.45, 2.75) is 86.2 Å². The van der Waals surface area contributed by atoms with Crippen molar-refractivity contribution in [3.05, 3.63) is 52.3 Å². The van der Waals surface area contributed by atoms with Gasteiger partial charge in [0, 0.05) is 0 Å². The lowest BCUT2D eigenvalue weighted by molar-refractivity contribution is 0.111. The van der Waals surface area contributed by atoms with Crippen molar-refractivity contribution in [1.29, 1.82) is 0 Å². The van der Waals surface area contributed by atoms with Gasteiger partial charge in [-0.3, -0.25) is 4.79 Å². The van der Waals surface area contributed by atoms with E-state index in [9.17, 15) is 4.79 Å². The maximum Gasteiger partial charge on any atom is 0.153 e. The molecule has 0 bridgehead atoms. The van der Waals surface area contributed by atoms with Crippen molar-refractivity contribution >= 4 is 18.0 Å². The zero-order valence-electron chi connectivity index (χ0n) is 19.0. The Morgan fingerprint density at radius 2 is 1.93 bits per heavy atom. The third kappa shape index (κ3) is 9.14. The minimum absolute atomic E-state index is 0.0819. The average Bonchev–Trinajstić information content (AvgIpc) is 2.70. The molecule has 3 heteroatoms. The third-order valence-corrected chi connectivity index (χ3v) is 5.66. The number of carbonyl (C=O) groups is 1. The maximum atomic E-state index is 11.6. The van der Waals surface area contributed by atoms with E-state index in [0.29, 0.717) is 23.1 Å². The van der Waals surface area contributed by atoms with Gasteiger partial charge in [-0.05, 0) is 79.4 Å². The number of ether oxygens (including phenoxy) is 1. The van der Waals surface area contributed by atoms with Crippen LogP contribution in [0.2, 0.25) is 0 Å². The summed E-state index contributed by atoms with van der Waals surface area (Å²) in [6.45, 7) is 18.5. The minimum Gasteiger partial charge on any atom is -0.490 e. The summed E-state index contributed by atoms with van der Waals surface area (Å²) >= 11 is 1.68. The lowest BCUT2D eigenvalue weighted by Gasteiger charge is -2.22. The smallest absolute Gasteiger partial charge is 0.153 e. The number of carbonyl (C=O) groups excluding carboxylic acids is 1. The first-order chi connectivity index (χ1) is 13.5. The van der Waals surface area contributed by atoms with Crippen molar-refractivity contribution in [2.24, 2.45) is 5.92 Å². The molecule has 28 heavy (non-hydrogen) atoms. The monoisotopic (exact) mass is 404 g/mol. The van der Waals surface area contributed by atoms with Crippen molar-refractivity contribution in [2.75, 3.05) is 0 Å². The van der Waals surface area contributed by atoms with Gasteiger partial charge >= 0.3 is 0 Å². The van der Waals surface area contributed by atoms with E-state index in [4.69, 9.17) is 4.74 Å². The summed E-state index contributed by atoms with van der Waals surface area (Å²) in [4.78, 5) is 12.9. The second-order valence-electron chi connectivity index (χ2n) is 7.03. The quantitative estimate of drug-likeness (QED) is 0.327. The molecule has 0 amide bonds. The lowest BCUT2D eigenvalue weighted by Crippen LogP contribution is -2.13. The molecule has 0 aromatic heterocycles. The molecule has 0 saturated carbocycles. The van der Waals surface area contributed by atoms with Crippen LogP contribution >= 0.6 is 11.8 Å². The van der Waals surface area contributed by atoms with Crippen molar-refractivity contribution in [3.8, 4) is 5.75 Å². The predicted octanol–water partition coefficient (Wildman–Crippen LogP) is 8.39. The Hall–Kier alpha value is -1.48. The summed E-state index contributed by atoms with van der Waals surface area (Å²) in [6.07, 6.45) is 7.26. The van der Waals surface area contributed by atoms with E-state index in [1.807, 2.05) is 31.4 Å². The Morgan fingerprint density at radius 3 is 2.43 bits per heavy atom. The summed E-state index contributed by atoms with van der Waals surface area (Å²) in [5, 5.41) is 1.87. The van der Waals surface area contributed by atoms with Crippen LogP contribution in [-0.4, -0.2) is 12.4 Å². The summed E-state index contributed by atoms with van der Waals surface area (Å²) in [7, 11) is 0. The Labute approximate surface area is 177 Å². The van der Waals surface area contributed by atoms with Crippen LogP contribution < -0.4 is 4.74 Å². The van der Waals surface area contributed by atoms with Gasteiger partial charge in [0.1, 0.15) is 5.75 Å². The fourth-order valence-electron chi connectivity index (χ4n) is 3.31. The predicted molar refractivity (Wildman–Crippen MR) is 127 cm³/mol. The number of rotatable bonds is 12. The highest BCUT2D eigenvalue weighted by Crippen LogP contribution is 2.31. The molecule has 0 radical (unpaired) electrons. The van der Waals surface area contributed by atoms with Crippen LogP contribution in [0.3, 0.4) is 0 Å². The Morgan fingerprint density at radius 1 is 1.25 bits per heavy atom. The van der Waals surface area contributed by atoms with Crippen LogP contribution in [0.4, 0.5) is 0 Å². The Kier molecular flexibility index (Phi) is 14.6. The number of hydrogen-bond acceptors (Lipinski definition) is 3. The van der Waals surface area contributed by atoms with Gasteiger partial charge in [-0.1, -0.05) is 53.3 Å². The fraction of sp³-hybridized carbons (Fsp3) is 0.560. The largest absolute Gasteiger partial charge is 0.490 e. The number of aldehydes is 1. The summed E-state index contributed by atoms with van der Waals surface area (Å²) in [5.41, 5.74) is 1.88. The lowest BCUT2D eigenvalue weighted by atomic mass is 9.85. The van der Waals surface area contributed by atoms with Crippen molar-refractivity contribution in [3.63, 3.8) is 0 Å². The van der Waals surface area contributed by atoms with E-state index in [2.05, 4.69) is 53.3 Å². The maximum absolute atomic E-state index is 11.6. The molecule has 2 atom stereocenters. The number of thioether (sulfide) groups is 1. The molecule has 0 N–H and O–H groups in total. The zero-order valence-corrected chi connectivity index (χ0v) is 19.8. The van der Waals surface area contributed by atoms with Gasteiger partial charge in [0.2, 0.25) is 0 Å². The van der Waals surface area contributed by atoms with E-state index in [-0.39, 0.29) is 6.10 Å². The normalized spacial score (nSPS) is 13.4. The van der Waals surface area contributed by atoms with Gasteiger partial charge in [0.05, 0.1) is 11.7 Å². The molecule has 0 aliphatic heterocycles. The molecule has 0 aliphatic carbocycles. The highest BCUT2D eigenvalue weighted by Gasteiger charge is 2.16. The molecular weight excluding hydrogens is 364 g/mol. The number of benzene rings is 1. The van der Waals surface area contributed by atoms with E-state index < -0.39 is 0 Å². The number of hydrogen-bond donors (Lipinski definition) is 0. The van der Waals surface area contributed by atoms with Crippen molar-refractivity contribution < 1.29 is 9.53 Å². The van der Waals surface area contributed by atoms with E-state index in [0.717, 1.165) is 32.0 Å². The SMILES string of the molecule is C=CS/C(=C\C)CCCC(C)Oc1ccc(C(CC)C(C)C)cc1C=O.CC. The van der Waals surface area contributed by atoms with E-state index in [1.165, 1.54) is 10.5 Å². The van der Waals surface area contributed by atoms with E-state index >= 15 is 0 Å². The Balaban J connectivity index is 0.00000352. The van der Waals surface area contributed by atoms with Crippen LogP contribution in [0.1, 0.15) is 96.0 Å². The van der Waals surface area contributed by atoms with Crippen LogP contribution in [0.15, 0.2) is 41.2 Å². The van der Waals surface area contributed by atoms with Gasteiger partial charge in [-0.25, -0.2) is 0 Å². The van der Waals surface area contributed by atoms with Gasteiger partial charge in [-0.2, -0.15) is 0 Å². The first-order valence-electron chi connectivity index (χ1n) is 10.6. The summed E-state index contributed by atoms with van der Waals surface area (Å²) in [5.74, 6) is 1.72. The highest BCUT2D eigenvalue weighted by molar-refractivity contribution is 8.05. The fourth-order valence-corrected chi connectivity index (χ4v) is 3.92.